The summed E-state index contributed by atoms with van der Waals surface area (Å²) in [5, 5.41) is 14.0. The van der Waals surface area contributed by atoms with Crippen molar-refractivity contribution in [2.45, 2.75) is 39.8 Å². The first-order valence-corrected chi connectivity index (χ1v) is 8.34. The third-order valence-electron chi connectivity index (χ3n) is 3.19. The molecule has 6 nitrogen and oxygen atoms in total. The Balaban J connectivity index is 1.74. The number of aromatic nitrogens is 3. The van der Waals surface area contributed by atoms with Crippen molar-refractivity contribution in [3.05, 3.63) is 34.0 Å². The molecule has 0 unspecified atom stereocenters. The summed E-state index contributed by atoms with van der Waals surface area (Å²) >= 11 is 1.68. The maximum absolute atomic E-state index is 4.61. The van der Waals surface area contributed by atoms with Crippen LogP contribution in [0.5, 0.6) is 0 Å². The number of nitrogens with zero attached hydrogens (tertiary/aromatic N) is 4. The zero-order valence-corrected chi connectivity index (χ0v) is 14.4. The van der Waals surface area contributed by atoms with Gasteiger partial charge in [-0.2, -0.15) is 5.10 Å². The summed E-state index contributed by atoms with van der Waals surface area (Å²) in [6, 6.07) is 0. The van der Waals surface area contributed by atoms with Crippen LogP contribution in [0, 0.1) is 6.92 Å². The molecule has 120 valence electrons. The average molecular weight is 320 g/mol. The molecule has 0 saturated heterocycles. The van der Waals surface area contributed by atoms with Gasteiger partial charge in [-0.25, -0.2) is 4.98 Å². The Hall–Kier alpha value is -1.89. The number of thiazole rings is 1. The van der Waals surface area contributed by atoms with Crippen molar-refractivity contribution < 1.29 is 0 Å². The van der Waals surface area contributed by atoms with E-state index in [2.05, 4.69) is 44.9 Å². The minimum Gasteiger partial charge on any atom is -0.355 e. The number of nitrogens with one attached hydrogen (secondary N) is 2. The van der Waals surface area contributed by atoms with E-state index in [1.807, 2.05) is 24.0 Å². The highest BCUT2D eigenvalue weighted by Gasteiger charge is 2.06. The van der Waals surface area contributed by atoms with Crippen molar-refractivity contribution >= 4 is 17.3 Å². The molecule has 7 heteroatoms. The molecule has 0 spiro atoms. The van der Waals surface area contributed by atoms with E-state index in [1.54, 1.807) is 18.4 Å². The molecule has 2 aromatic rings. The highest BCUT2D eigenvalue weighted by atomic mass is 32.1. The Labute approximate surface area is 135 Å². The van der Waals surface area contributed by atoms with Gasteiger partial charge in [-0.3, -0.25) is 9.67 Å². The van der Waals surface area contributed by atoms with E-state index in [4.69, 9.17) is 0 Å². The van der Waals surface area contributed by atoms with Crippen molar-refractivity contribution in [3.8, 4) is 0 Å². The minimum atomic E-state index is 0.472. The molecular formula is C15H24N6S. The van der Waals surface area contributed by atoms with E-state index in [9.17, 15) is 0 Å². The standard InChI is InChI=1S/C15H24N6S/c1-11(2)13-10-22-14(20-13)8-18-15(16-4)17-5-6-21-9-12(3)7-19-21/h7,9-11H,5-6,8H2,1-4H3,(H2,16,17,18). The lowest BCUT2D eigenvalue weighted by Gasteiger charge is -2.10. The summed E-state index contributed by atoms with van der Waals surface area (Å²) in [6.07, 6.45) is 3.89. The predicted octanol–water partition coefficient (Wildman–Crippen LogP) is 2.14. The molecule has 2 rings (SSSR count). The fourth-order valence-corrected chi connectivity index (χ4v) is 2.82. The van der Waals surface area contributed by atoms with Gasteiger partial charge >= 0.3 is 0 Å². The van der Waals surface area contributed by atoms with Gasteiger partial charge in [0.2, 0.25) is 0 Å². The first kappa shape index (κ1) is 16.5. The SMILES string of the molecule is CN=C(NCCn1cc(C)cn1)NCc1nc(C(C)C)cs1. The monoisotopic (exact) mass is 320 g/mol. The quantitative estimate of drug-likeness (QED) is 0.632. The molecule has 0 radical (unpaired) electrons. The van der Waals surface area contributed by atoms with Crippen LogP contribution in [0.25, 0.3) is 0 Å². The van der Waals surface area contributed by atoms with Gasteiger partial charge < -0.3 is 10.6 Å². The molecule has 0 aliphatic heterocycles. The van der Waals surface area contributed by atoms with Crippen LogP contribution in [0.2, 0.25) is 0 Å². The molecule has 22 heavy (non-hydrogen) atoms. The number of aliphatic imine (C=N–C) groups is 1. The van der Waals surface area contributed by atoms with Gasteiger partial charge in [0.1, 0.15) is 5.01 Å². The first-order chi connectivity index (χ1) is 10.6. The van der Waals surface area contributed by atoms with Gasteiger partial charge in [0.15, 0.2) is 5.96 Å². The third-order valence-corrected chi connectivity index (χ3v) is 4.05. The van der Waals surface area contributed by atoms with Crippen molar-refractivity contribution in [1.29, 1.82) is 0 Å². The van der Waals surface area contributed by atoms with Crippen LogP contribution in [0.3, 0.4) is 0 Å². The summed E-state index contributed by atoms with van der Waals surface area (Å²) in [5.74, 6) is 1.25. The third kappa shape index (κ3) is 4.84. The fraction of sp³-hybridized carbons (Fsp3) is 0.533. The van der Waals surface area contributed by atoms with Crippen LogP contribution in [0.4, 0.5) is 0 Å². The van der Waals surface area contributed by atoms with Gasteiger partial charge in [0.25, 0.3) is 0 Å². The molecule has 0 aliphatic rings. The maximum Gasteiger partial charge on any atom is 0.191 e. The van der Waals surface area contributed by atoms with Gasteiger partial charge in [-0.05, 0) is 18.4 Å². The van der Waals surface area contributed by atoms with Gasteiger partial charge in [0.05, 0.1) is 25.0 Å². The van der Waals surface area contributed by atoms with Gasteiger partial charge in [-0.15, -0.1) is 11.3 Å². The summed E-state index contributed by atoms with van der Waals surface area (Å²) in [4.78, 5) is 8.83. The van der Waals surface area contributed by atoms with Crippen molar-refractivity contribution in [2.75, 3.05) is 13.6 Å². The van der Waals surface area contributed by atoms with Gasteiger partial charge in [-0.1, -0.05) is 13.8 Å². The van der Waals surface area contributed by atoms with Crippen molar-refractivity contribution in [3.63, 3.8) is 0 Å². The van der Waals surface area contributed by atoms with E-state index < -0.39 is 0 Å². The molecule has 2 aromatic heterocycles. The number of hydrogen-bond donors (Lipinski definition) is 2. The molecular weight excluding hydrogens is 296 g/mol. The lowest BCUT2D eigenvalue weighted by molar-refractivity contribution is 0.597. The molecule has 0 aliphatic carbocycles. The minimum absolute atomic E-state index is 0.472. The molecule has 0 amide bonds. The van der Waals surface area contributed by atoms with E-state index in [-0.39, 0.29) is 0 Å². The Morgan fingerprint density at radius 3 is 2.82 bits per heavy atom. The highest BCUT2D eigenvalue weighted by molar-refractivity contribution is 7.09. The lowest BCUT2D eigenvalue weighted by Crippen LogP contribution is -2.38. The normalized spacial score (nSPS) is 12.0. The summed E-state index contributed by atoms with van der Waals surface area (Å²) in [7, 11) is 1.77. The fourth-order valence-electron chi connectivity index (χ4n) is 1.93. The summed E-state index contributed by atoms with van der Waals surface area (Å²) < 4.78 is 1.92. The second-order valence-corrected chi connectivity index (χ2v) is 6.40. The topological polar surface area (TPSA) is 67.1 Å². The van der Waals surface area contributed by atoms with Crippen molar-refractivity contribution in [2.24, 2.45) is 4.99 Å². The van der Waals surface area contributed by atoms with Crippen LogP contribution < -0.4 is 10.6 Å². The summed E-state index contributed by atoms with van der Waals surface area (Å²) in [6.45, 7) is 8.63. The number of hydrogen-bond acceptors (Lipinski definition) is 4. The predicted molar refractivity (Wildman–Crippen MR) is 91.4 cm³/mol. The molecule has 0 saturated carbocycles. The van der Waals surface area contributed by atoms with Gasteiger partial charge in [0, 0.05) is 25.2 Å². The number of aryl methyl sites for hydroxylation is 1. The maximum atomic E-state index is 4.61. The molecule has 0 aromatic carbocycles. The molecule has 0 atom stereocenters. The Morgan fingerprint density at radius 2 is 2.23 bits per heavy atom. The zero-order chi connectivity index (χ0) is 15.9. The van der Waals surface area contributed by atoms with E-state index >= 15 is 0 Å². The zero-order valence-electron chi connectivity index (χ0n) is 13.6. The molecule has 0 bridgehead atoms. The first-order valence-electron chi connectivity index (χ1n) is 7.46. The average Bonchev–Trinajstić information content (AvgIpc) is 3.11. The molecule has 2 heterocycles. The smallest absolute Gasteiger partial charge is 0.191 e. The highest BCUT2D eigenvalue weighted by Crippen LogP contribution is 2.17. The lowest BCUT2D eigenvalue weighted by atomic mass is 10.2. The van der Waals surface area contributed by atoms with Crippen molar-refractivity contribution in [1.82, 2.24) is 25.4 Å². The number of guanidine groups is 1. The van der Waals surface area contributed by atoms with E-state index in [0.717, 1.165) is 29.8 Å². The Bertz CT molecular complexity index is 613. The van der Waals surface area contributed by atoms with Crippen LogP contribution in [0.1, 0.15) is 36.0 Å². The van der Waals surface area contributed by atoms with Crippen LogP contribution in [0.15, 0.2) is 22.8 Å². The second kappa shape index (κ2) is 7.93. The molecule has 2 N–H and O–H groups in total. The Kier molecular flexibility index (Phi) is 5.94. The van der Waals surface area contributed by atoms with E-state index in [0.29, 0.717) is 12.5 Å². The molecule has 0 fully saturated rings. The van der Waals surface area contributed by atoms with Crippen LogP contribution in [-0.2, 0) is 13.1 Å². The number of rotatable bonds is 6. The second-order valence-electron chi connectivity index (χ2n) is 5.45. The largest absolute Gasteiger partial charge is 0.355 e. The summed E-state index contributed by atoms with van der Waals surface area (Å²) in [5.41, 5.74) is 2.33. The van der Waals surface area contributed by atoms with E-state index in [1.165, 1.54) is 5.56 Å². The Morgan fingerprint density at radius 1 is 1.41 bits per heavy atom. The van der Waals surface area contributed by atoms with Crippen LogP contribution in [-0.4, -0.2) is 34.3 Å². The van der Waals surface area contributed by atoms with Crippen LogP contribution >= 0.6 is 11.3 Å².